The number of thiocarbonyl (C=S) groups is 1. The number of ether oxygens (including phenoxy) is 2. The molecular formula is C21H20N2O3S. The highest BCUT2D eigenvalue weighted by atomic mass is 32.1. The number of nitrogens with zero attached hydrogens (tertiary/aromatic N) is 1. The first-order chi connectivity index (χ1) is 13.0. The van der Waals surface area contributed by atoms with Crippen LogP contribution in [-0.2, 0) is 4.79 Å². The SMILES string of the molecule is CC(C)c1ccc(N2C(=O)/C(=C\c3ccc4c(c3)OCCO4)NC2=S)cc1. The molecule has 2 heterocycles. The van der Waals surface area contributed by atoms with E-state index >= 15 is 0 Å². The lowest BCUT2D eigenvalue weighted by Gasteiger charge is -2.18. The van der Waals surface area contributed by atoms with Crippen LogP contribution in [0.25, 0.3) is 6.08 Å². The second-order valence-corrected chi connectivity index (χ2v) is 7.16. The van der Waals surface area contributed by atoms with Crippen LogP contribution in [0.2, 0.25) is 0 Å². The molecule has 2 aliphatic rings. The summed E-state index contributed by atoms with van der Waals surface area (Å²) in [6.07, 6.45) is 1.77. The summed E-state index contributed by atoms with van der Waals surface area (Å²) in [5.41, 5.74) is 3.25. The van der Waals surface area contributed by atoms with Crippen molar-refractivity contribution in [1.82, 2.24) is 5.32 Å². The molecule has 0 bridgehead atoms. The summed E-state index contributed by atoms with van der Waals surface area (Å²) < 4.78 is 11.1. The minimum atomic E-state index is -0.174. The molecule has 2 aromatic carbocycles. The van der Waals surface area contributed by atoms with Crippen molar-refractivity contribution in [3.63, 3.8) is 0 Å². The zero-order valence-electron chi connectivity index (χ0n) is 15.2. The van der Waals surface area contributed by atoms with Gasteiger partial charge in [0, 0.05) is 0 Å². The van der Waals surface area contributed by atoms with Gasteiger partial charge in [0.2, 0.25) is 0 Å². The van der Waals surface area contributed by atoms with Gasteiger partial charge in [-0.25, -0.2) is 0 Å². The van der Waals surface area contributed by atoms with E-state index in [9.17, 15) is 4.79 Å². The number of anilines is 1. The van der Waals surface area contributed by atoms with Crippen molar-refractivity contribution in [3.8, 4) is 11.5 Å². The fourth-order valence-corrected chi connectivity index (χ4v) is 3.39. The van der Waals surface area contributed by atoms with E-state index in [1.807, 2.05) is 42.5 Å². The van der Waals surface area contributed by atoms with Crippen LogP contribution in [-0.4, -0.2) is 24.2 Å². The van der Waals surface area contributed by atoms with Gasteiger partial charge in [-0.05, 0) is 59.6 Å². The third-order valence-electron chi connectivity index (χ3n) is 4.57. The number of amides is 1. The standard InChI is InChI=1S/C21H20N2O3S/c1-13(2)15-4-6-16(7-5-15)23-20(24)17(22-21(23)27)11-14-3-8-18-19(12-14)26-10-9-25-18/h3-8,11-13H,9-10H2,1-2H3,(H,22,27)/b17-11+. The van der Waals surface area contributed by atoms with Gasteiger partial charge in [0.05, 0.1) is 5.69 Å². The molecule has 0 spiro atoms. The van der Waals surface area contributed by atoms with Gasteiger partial charge in [-0.15, -0.1) is 0 Å². The van der Waals surface area contributed by atoms with E-state index in [2.05, 4.69) is 19.2 Å². The van der Waals surface area contributed by atoms with Crippen molar-refractivity contribution in [2.75, 3.05) is 18.1 Å². The Morgan fingerprint density at radius 2 is 1.78 bits per heavy atom. The zero-order chi connectivity index (χ0) is 19.0. The van der Waals surface area contributed by atoms with Gasteiger partial charge in [-0.1, -0.05) is 32.0 Å². The van der Waals surface area contributed by atoms with Gasteiger partial charge in [0.15, 0.2) is 16.6 Å². The molecule has 1 fully saturated rings. The number of rotatable bonds is 3. The topological polar surface area (TPSA) is 50.8 Å². The van der Waals surface area contributed by atoms with Gasteiger partial charge in [-0.3, -0.25) is 9.69 Å². The maximum absolute atomic E-state index is 12.9. The van der Waals surface area contributed by atoms with Crippen LogP contribution in [0.1, 0.15) is 30.9 Å². The highest BCUT2D eigenvalue weighted by Gasteiger charge is 2.32. The van der Waals surface area contributed by atoms with Gasteiger partial charge >= 0.3 is 0 Å². The molecule has 0 radical (unpaired) electrons. The monoisotopic (exact) mass is 380 g/mol. The minimum Gasteiger partial charge on any atom is -0.486 e. The maximum Gasteiger partial charge on any atom is 0.281 e. The smallest absolute Gasteiger partial charge is 0.281 e. The number of fused-ring (bicyclic) bond motifs is 1. The van der Waals surface area contributed by atoms with E-state index in [-0.39, 0.29) is 5.91 Å². The Labute approximate surface area is 163 Å². The predicted octanol–water partition coefficient (Wildman–Crippen LogP) is 3.84. The summed E-state index contributed by atoms with van der Waals surface area (Å²) in [7, 11) is 0. The lowest BCUT2D eigenvalue weighted by molar-refractivity contribution is -0.113. The Kier molecular flexibility index (Phi) is 4.58. The Morgan fingerprint density at radius 3 is 2.48 bits per heavy atom. The third-order valence-corrected chi connectivity index (χ3v) is 4.86. The fraction of sp³-hybridized carbons (Fsp3) is 0.238. The number of carbonyl (C=O) groups excluding carboxylic acids is 1. The van der Waals surface area contributed by atoms with Crippen molar-refractivity contribution >= 4 is 35.0 Å². The van der Waals surface area contributed by atoms with Crippen LogP contribution >= 0.6 is 12.2 Å². The average Bonchev–Trinajstić information content (AvgIpc) is 2.95. The maximum atomic E-state index is 12.9. The molecule has 2 aliphatic heterocycles. The molecule has 1 saturated heterocycles. The number of benzene rings is 2. The third kappa shape index (κ3) is 3.40. The van der Waals surface area contributed by atoms with Crippen LogP contribution in [0, 0.1) is 0 Å². The minimum absolute atomic E-state index is 0.174. The van der Waals surface area contributed by atoms with Crippen LogP contribution in [0.4, 0.5) is 5.69 Å². The van der Waals surface area contributed by atoms with Gasteiger partial charge in [0.25, 0.3) is 5.91 Å². The van der Waals surface area contributed by atoms with Crippen LogP contribution in [0.3, 0.4) is 0 Å². The average molecular weight is 380 g/mol. The summed E-state index contributed by atoms with van der Waals surface area (Å²) in [5.74, 6) is 1.66. The van der Waals surface area contributed by atoms with Crippen molar-refractivity contribution in [3.05, 3.63) is 59.3 Å². The van der Waals surface area contributed by atoms with Crippen LogP contribution in [0.15, 0.2) is 48.2 Å². The highest BCUT2D eigenvalue weighted by Crippen LogP contribution is 2.32. The second-order valence-electron chi connectivity index (χ2n) is 6.78. The molecule has 138 valence electrons. The quantitative estimate of drug-likeness (QED) is 0.648. The molecule has 0 aromatic heterocycles. The number of hydrogen-bond acceptors (Lipinski definition) is 4. The zero-order valence-corrected chi connectivity index (χ0v) is 16.0. The Hall–Kier alpha value is -2.86. The van der Waals surface area contributed by atoms with Crippen molar-refractivity contribution in [2.45, 2.75) is 19.8 Å². The van der Waals surface area contributed by atoms with Crippen molar-refractivity contribution in [2.24, 2.45) is 0 Å². The van der Waals surface area contributed by atoms with Crippen molar-refractivity contribution in [1.29, 1.82) is 0 Å². The van der Waals surface area contributed by atoms with E-state index < -0.39 is 0 Å². The second kappa shape index (κ2) is 7.04. The van der Waals surface area contributed by atoms with Gasteiger partial charge in [0.1, 0.15) is 18.9 Å². The van der Waals surface area contributed by atoms with E-state index in [4.69, 9.17) is 21.7 Å². The van der Waals surface area contributed by atoms with E-state index in [1.165, 1.54) is 10.5 Å². The Morgan fingerprint density at radius 1 is 1.07 bits per heavy atom. The molecule has 0 saturated carbocycles. The first kappa shape index (κ1) is 17.5. The first-order valence-corrected chi connectivity index (χ1v) is 9.30. The molecule has 1 N–H and O–H groups in total. The largest absolute Gasteiger partial charge is 0.486 e. The Balaban J connectivity index is 1.60. The van der Waals surface area contributed by atoms with Gasteiger partial charge in [-0.2, -0.15) is 0 Å². The summed E-state index contributed by atoms with van der Waals surface area (Å²) >= 11 is 5.38. The van der Waals surface area contributed by atoms with E-state index in [0.29, 0.717) is 35.7 Å². The Bertz CT molecular complexity index is 935. The molecule has 1 amide bonds. The fourth-order valence-electron chi connectivity index (χ4n) is 3.09. The van der Waals surface area contributed by atoms with Crippen LogP contribution in [0.5, 0.6) is 11.5 Å². The van der Waals surface area contributed by atoms with E-state index in [0.717, 1.165) is 17.0 Å². The van der Waals surface area contributed by atoms with E-state index in [1.54, 1.807) is 6.08 Å². The summed E-state index contributed by atoms with van der Waals surface area (Å²) in [4.78, 5) is 14.4. The summed E-state index contributed by atoms with van der Waals surface area (Å²) in [6.45, 7) is 5.34. The molecule has 4 rings (SSSR count). The number of carbonyl (C=O) groups is 1. The predicted molar refractivity (Wildman–Crippen MR) is 109 cm³/mol. The molecule has 27 heavy (non-hydrogen) atoms. The highest BCUT2D eigenvalue weighted by molar-refractivity contribution is 7.80. The molecule has 0 aliphatic carbocycles. The molecule has 2 aromatic rings. The van der Waals surface area contributed by atoms with Crippen molar-refractivity contribution < 1.29 is 14.3 Å². The number of hydrogen-bond donors (Lipinski definition) is 1. The first-order valence-electron chi connectivity index (χ1n) is 8.89. The number of nitrogens with one attached hydrogen (secondary N) is 1. The summed E-state index contributed by atoms with van der Waals surface area (Å²) in [6, 6.07) is 13.5. The molecule has 0 unspecified atom stereocenters. The lowest BCUT2D eigenvalue weighted by Crippen LogP contribution is -2.30. The molecule has 0 atom stereocenters. The van der Waals surface area contributed by atoms with Crippen LogP contribution < -0.4 is 19.7 Å². The normalized spacial score (nSPS) is 17.6. The molecule has 5 nitrogen and oxygen atoms in total. The van der Waals surface area contributed by atoms with Gasteiger partial charge < -0.3 is 14.8 Å². The molecule has 6 heteroatoms. The summed E-state index contributed by atoms with van der Waals surface area (Å²) in [5, 5.41) is 3.39. The lowest BCUT2D eigenvalue weighted by atomic mass is 10.0. The molecular weight excluding hydrogens is 360 g/mol.